The molecule has 0 atom stereocenters. The average Bonchev–Trinajstić information content (AvgIpc) is 3.01. The summed E-state index contributed by atoms with van der Waals surface area (Å²) >= 11 is 0. The SMILES string of the molecule is Cn1c(N2CCC(Nc3ccncn3)CC2)nc2c(cnn2C)c1=O. The lowest BCUT2D eigenvalue weighted by Gasteiger charge is -2.33. The van der Waals surface area contributed by atoms with Crippen LogP contribution in [0, 0.1) is 0 Å². The summed E-state index contributed by atoms with van der Waals surface area (Å²) in [6.07, 6.45) is 6.74. The van der Waals surface area contributed by atoms with E-state index in [1.807, 2.05) is 6.07 Å². The third-order valence-electron chi connectivity index (χ3n) is 4.66. The Balaban J connectivity index is 1.53. The fourth-order valence-corrected chi connectivity index (χ4v) is 3.25. The third kappa shape index (κ3) is 2.81. The number of aromatic nitrogens is 6. The molecule has 0 unspecified atom stereocenters. The summed E-state index contributed by atoms with van der Waals surface area (Å²) in [5.41, 5.74) is 0.564. The molecule has 1 aliphatic rings. The van der Waals surface area contributed by atoms with Gasteiger partial charge in [0.05, 0.1) is 6.20 Å². The molecule has 1 aliphatic heterocycles. The van der Waals surface area contributed by atoms with Gasteiger partial charge in [0.15, 0.2) is 5.65 Å². The summed E-state index contributed by atoms with van der Waals surface area (Å²) in [7, 11) is 3.57. The Hall–Kier alpha value is -2.97. The van der Waals surface area contributed by atoms with Crippen molar-refractivity contribution in [3.05, 3.63) is 35.1 Å². The van der Waals surface area contributed by atoms with E-state index < -0.39 is 0 Å². The Morgan fingerprint density at radius 2 is 2.04 bits per heavy atom. The zero-order chi connectivity index (χ0) is 17.4. The topological polar surface area (TPSA) is 93.8 Å². The fraction of sp³-hybridized carbons (Fsp3) is 0.438. The summed E-state index contributed by atoms with van der Waals surface area (Å²) in [4.78, 5) is 27.5. The van der Waals surface area contributed by atoms with Gasteiger partial charge in [-0.2, -0.15) is 10.1 Å². The molecule has 0 saturated carbocycles. The lowest BCUT2D eigenvalue weighted by atomic mass is 10.1. The number of piperidine rings is 1. The first-order chi connectivity index (χ1) is 12.1. The van der Waals surface area contributed by atoms with Gasteiger partial charge in [0, 0.05) is 39.4 Å². The van der Waals surface area contributed by atoms with Crippen molar-refractivity contribution in [2.45, 2.75) is 18.9 Å². The van der Waals surface area contributed by atoms with Gasteiger partial charge in [0.2, 0.25) is 5.95 Å². The van der Waals surface area contributed by atoms with E-state index in [2.05, 4.69) is 30.3 Å². The van der Waals surface area contributed by atoms with Crippen molar-refractivity contribution in [3.63, 3.8) is 0 Å². The molecule has 25 heavy (non-hydrogen) atoms. The van der Waals surface area contributed by atoms with Crippen LogP contribution >= 0.6 is 0 Å². The zero-order valence-electron chi connectivity index (χ0n) is 14.3. The number of hydrogen-bond donors (Lipinski definition) is 1. The molecule has 4 rings (SSSR count). The van der Waals surface area contributed by atoms with Gasteiger partial charge in [-0.3, -0.25) is 14.0 Å². The number of hydrogen-bond acceptors (Lipinski definition) is 7. The zero-order valence-corrected chi connectivity index (χ0v) is 14.3. The molecule has 0 radical (unpaired) electrons. The van der Waals surface area contributed by atoms with Gasteiger partial charge in [-0.15, -0.1) is 0 Å². The molecule has 4 heterocycles. The molecule has 0 aromatic carbocycles. The predicted octanol–water partition coefficient (Wildman–Crippen LogP) is 0.538. The monoisotopic (exact) mass is 340 g/mol. The minimum absolute atomic E-state index is 0.0608. The Kier molecular flexibility index (Phi) is 3.83. The van der Waals surface area contributed by atoms with Gasteiger partial charge in [-0.1, -0.05) is 0 Å². The highest BCUT2D eigenvalue weighted by Crippen LogP contribution is 2.20. The van der Waals surface area contributed by atoms with E-state index in [0.29, 0.717) is 23.0 Å². The second kappa shape index (κ2) is 6.15. The molecular weight excluding hydrogens is 320 g/mol. The first-order valence-electron chi connectivity index (χ1n) is 8.29. The van der Waals surface area contributed by atoms with E-state index in [1.54, 1.807) is 42.1 Å². The predicted molar refractivity (Wildman–Crippen MR) is 94.6 cm³/mol. The molecule has 3 aromatic rings. The standard InChI is InChI=1S/C16H20N8O/c1-22-15(25)12-9-19-23(2)14(12)21-16(22)24-7-4-11(5-8-24)20-13-3-6-17-10-18-13/h3,6,9-11H,4-5,7-8H2,1-2H3,(H,17,18,20). The Labute approximate surface area is 144 Å². The van der Waals surface area contributed by atoms with E-state index in [4.69, 9.17) is 0 Å². The molecule has 0 spiro atoms. The second-order valence-electron chi connectivity index (χ2n) is 6.28. The van der Waals surface area contributed by atoms with Crippen molar-refractivity contribution in [2.24, 2.45) is 14.1 Å². The Morgan fingerprint density at radius 1 is 1.24 bits per heavy atom. The van der Waals surface area contributed by atoms with Crippen LogP contribution in [-0.4, -0.2) is 48.4 Å². The van der Waals surface area contributed by atoms with Crippen LogP contribution in [0.2, 0.25) is 0 Å². The summed E-state index contributed by atoms with van der Waals surface area (Å²) in [5, 5.41) is 8.13. The minimum Gasteiger partial charge on any atom is -0.367 e. The minimum atomic E-state index is -0.0608. The van der Waals surface area contributed by atoms with Crippen molar-refractivity contribution < 1.29 is 0 Å². The van der Waals surface area contributed by atoms with E-state index >= 15 is 0 Å². The van der Waals surface area contributed by atoms with Gasteiger partial charge in [-0.25, -0.2) is 9.97 Å². The first-order valence-corrected chi connectivity index (χ1v) is 8.29. The highest BCUT2D eigenvalue weighted by molar-refractivity contribution is 5.74. The fourth-order valence-electron chi connectivity index (χ4n) is 3.25. The Bertz CT molecular complexity index is 940. The lowest BCUT2D eigenvalue weighted by molar-refractivity contribution is 0.512. The van der Waals surface area contributed by atoms with Crippen LogP contribution in [0.1, 0.15) is 12.8 Å². The van der Waals surface area contributed by atoms with E-state index in [-0.39, 0.29) is 5.56 Å². The van der Waals surface area contributed by atoms with Crippen molar-refractivity contribution in [1.82, 2.24) is 29.3 Å². The van der Waals surface area contributed by atoms with Crippen molar-refractivity contribution in [2.75, 3.05) is 23.3 Å². The molecule has 0 aliphatic carbocycles. The van der Waals surface area contributed by atoms with Crippen LogP contribution < -0.4 is 15.8 Å². The summed E-state index contributed by atoms with van der Waals surface area (Å²) < 4.78 is 3.26. The van der Waals surface area contributed by atoms with Gasteiger partial charge in [0.25, 0.3) is 5.56 Å². The van der Waals surface area contributed by atoms with Gasteiger partial charge >= 0.3 is 0 Å². The molecule has 0 amide bonds. The van der Waals surface area contributed by atoms with Crippen molar-refractivity contribution in [1.29, 1.82) is 0 Å². The molecule has 9 heteroatoms. The van der Waals surface area contributed by atoms with Gasteiger partial charge in [-0.05, 0) is 18.9 Å². The molecule has 1 fully saturated rings. The molecule has 0 bridgehead atoms. The Morgan fingerprint density at radius 3 is 2.76 bits per heavy atom. The molecule has 9 nitrogen and oxygen atoms in total. The summed E-state index contributed by atoms with van der Waals surface area (Å²) in [6.45, 7) is 1.65. The molecular formula is C16H20N8O. The number of nitrogens with one attached hydrogen (secondary N) is 1. The second-order valence-corrected chi connectivity index (χ2v) is 6.28. The van der Waals surface area contributed by atoms with Crippen LogP contribution in [0.15, 0.2) is 29.6 Å². The quantitative estimate of drug-likeness (QED) is 0.743. The van der Waals surface area contributed by atoms with Crippen LogP contribution in [0.3, 0.4) is 0 Å². The van der Waals surface area contributed by atoms with Crippen LogP contribution in [-0.2, 0) is 14.1 Å². The summed E-state index contributed by atoms with van der Waals surface area (Å²) in [5.74, 6) is 1.54. The van der Waals surface area contributed by atoms with E-state index in [0.717, 1.165) is 31.7 Å². The lowest BCUT2D eigenvalue weighted by Crippen LogP contribution is -2.42. The van der Waals surface area contributed by atoms with E-state index in [1.165, 1.54) is 0 Å². The van der Waals surface area contributed by atoms with Gasteiger partial charge < -0.3 is 10.2 Å². The number of fused-ring (bicyclic) bond motifs is 1. The van der Waals surface area contributed by atoms with Crippen LogP contribution in [0.5, 0.6) is 0 Å². The molecule has 1 saturated heterocycles. The van der Waals surface area contributed by atoms with Crippen LogP contribution in [0.25, 0.3) is 11.0 Å². The van der Waals surface area contributed by atoms with Gasteiger partial charge in [0.1, 0.15) is 17.5 Å². The number of anilines is 2. The maximum atomic E-state index is 12.5. The molecule has 3 aromatic heterocycles. The normalized spacial score (nSPS) is 15.7. The number of rotatable bonds is 3. The number of aryl methyl sites for hydroxylation is 1. The summed E-state index contributed by atoms with van der Waals surface area (Å²) in [6, 6.07) is 2.22. The number of nitrogens with zero attached hydrogens (tertiary/aromatic N) is 7. The molecule has 1 N–H and O–H groups in total. The largest absolute Gasteiger partial charge is 0.367 e. The highest BCUT2D eigenvalue weighted by Gasteiger charge is 2.23. The highest BCUT2D eigenvalue weighted by atomic mass is 16.1. The average molecular weight is 340 g/mol. The van der Waals surface area contributed by atoms with Crippen molar-refractivity contribution >= 4 is 22.8 Å². The first kappa shape index (κ1) is 15.6. The van der Waals surface area contributed by atoms with E-state index in [9.17, 15) is 4.79 Å². The third-order valence-corrected chi connectivity index (χ3v) is 4.66. The maximum absolute atomic E-state index is 12.5. The maximum Gasteiger partial charge on any atom is 0.265 e. The van der Waals surface area contributed by atoms with Crippen LogP contribution in [0.4, 0.5) is 11.8 Å². The molecule has 130 valence electrons. The van der Waals surface area contributed by atoms with Crippen molar-refractivity contribution in [3.8, 4) is 0 Å². The smallest absolute Gasteiger partial charge is 0.265 e.